The minimum absolute atomic E-state index is 0.0549. The number of halogens is 4. The fourth-order valence-corrected chi connectivity index (χ4v) is 6.07. The van der Waals surface area contributed by atoms with E-state index in [4.69, 9.17) is 14.6 Å². The Morgan fingerprint density at radius 2 is 1.63 bits per heavy atom. The van der Waals surface area contributed by atoms with Gasteiger partial charge in [-0.3, -0.25) is 9.59 Å². The van der Waals surface area contributed by atoms with Crippen molar-refractivity contribution in [1.29, 1.82) is 0 Å². The molecule has 2 aliphatic heterocycles. The highest BCUT2D eigenvalue weighted by molar-refractivity contribution is 5.82. The number of carbonyl (C=O) groups is 3. The van der Waals surface area contributed by atoms with Crippen molar-refractivity contribution in [2.24, 2.45) is 17.3 Å². The Morgan fingerprint density at radius 1 is 1.05 bits per heavy atom. The average Bonchev–Trinajstić information content (AvgIpc) is 3.39. The van der Waals surface area contributed by atoms with Crippen LogP contribution in [0.25, 0.3) is 0 Å². The van der Waals surface area contributed by atoms with Crippen LogP contribution >= 0.6 is 0 Å². The molecule has 1 saturated carbocycles. The van der Waals surface area contributed by atoms with E-state index in [1.54, 1.807) is 12.1 Å². The molecule has 0 bridgehead atoms. The molecule has 3 fully saturated rings. The molecule has 2 saturated heterocycles. The number of hydrogen-bond acceptors (Lipinski definition) is 5. The number of likely N-dealkylation sites (tertiary alicyclic amines) is 1. The Kier molecular flexibility index (Phi) is 10.1. The monoisotopic (exact) mass is 544 g/mol. The van der Waals surface area contributed by atoms with Crippen LogP contribution in [0.5, 0.6) is 0 Å². The van der Waals surface area contributed by atoms with Crippen molar-refractivity contribution in [2.45, 2.75) is 64.0 Å². The second kappa shape index (κ2) is 12.9. The Bertz CT molecular complexity index is 955. The first-order chi connectivity index (χ1) is 18.0. The van der Waals surface area contributed by atoms with E-state index in [0.29, 0.717) is 45.0 Å². The Balaban J connectivity index is 0.000000505. The summed E-state index contributed by atoms with van der Waals surface area (Å²) < 4.78 is 50.6. The first kappa shape index (κ1) is 29.9. The van der Waals surface area contributed by atoms with E-state index in [2.05, 4.69) is 5.32 Å². The van der Waals surface area contributed by atoms with Gasteiger partial charge in [0.1, 0.15) is 5.82 Å². The van der Waals surface area contributed by atoms with Gasteiger partial charge in [0.15, 0.2) is 0 Å². The van der Waals surface area contributed by atoms with Gasteiger partial charge < -0.3 is 20.1 Å². The molecule has 11 heteroatoms. The van der Waals surface area contributed by atoms with Crippen molar-refractivity contribution in [3.63, 3.8) is 0 Å². The van der Waals surface area contributed by atoms with Crippen LogP contribution in [0, 0.1) is 23.1 Å². The van der Waals surface area contributed by atoms with Gasteiger partial charge in [-0.05, 0) is 56.2 Å². The standard InChI is InChI=1S/C25H35FN2O3.C2HF3O2/c1-2-31-24(30)25(19-6-4-3-5-7-19)12-14-28(15-13-25)23(29)22-17-27-16-21(22)18-8-10-20(26)11-9-18;3-2(4,5)1(6)7/h8-11,19,21-22,27H,2-7,12-17H2,1H3;(H,6,7)/t21-,22?;/m0./s1. The summed E-state index contributed by atoms with van der Waals surface area (Å²) >= 11 is 0. The van der Waals surface area contributed by atoms with E-state index in [0.717, 1.165) is 24.9 Å². The molecule has 1 aromatic carbocycles. The average molecular weight is 545 g/mol. The van der Waals surface area contributed by atoms with E-state index in [-0.39, 0.29) is 29.5 Å². The third-order valence-electron chi connectivity index (χ3n) is 8.11. The number of rotatable bonds is 5. The maximum Gasteiger partial charge on any atom is 0.490 e. The molecule has 0 aromatic heterocycles. The molecule has 212 valence electrons. The van der Waals surface area contributed by atoms with Crippen LogP contribution in [0.2, 0.25) is 0 Å². The third-order valence-corrected chi connectivity index (χ3v) is 8.11. The second-order valence-corrected chi connectivity index (χ2v) is 10.3. The summed E-state index contributed by atoms with van der Waals surface area (Å²) in [5, 5.41) is 10.5. The minimum Gasteiger partial charge on any atom is -0.475 e. The summed E-state index contributed by atoms with van der Waals surface area (Å²) in [5.41, 5.74) is 0.571. The number of carbonyl (C=O) groups excluding carboxylic acids is 2. The lowest BCUT2D eigenvalue weighted by molar-refractivity contribution is -0.192. The lowest BCUT2D eigenvalue weighted by Crippen LogP contribution is -2.52. The number of piperidine rings is 1. The van der Waals surface area contributed by atoms with E-state index < -0.39 is 17.6 Å². The van der Waals surface area contributed by atoms with E-state index >= 15 is 0 Å². The quantitative estimate of drug-likeness (QED) is 0.418. The molecule has 1 aromatic rings. The number of nitrogens with zero attached hydrogens (tertiary/aromatic N) is 1. The number of aliphatic carboxylic acids is 1. The summed E-state index contributed by atoms with van der Waals surface area (Å²) in [6.07, 6.45) is 2.10. The first-order valence-corrected chi connectivity index (χ1v) is 13.2. The topological polar surface area (TPSA) is 95.9 Å². The normalized spacial score (nSPS) is 23.8. The second-order valence-electron chi connectivity index (χ2n) is 10.3. The third kappa shape index (κ3) is 7.03. The lowest BCUT2D eigenvalue weighted by atomic mass is 9.63. The largest absolute Gasteiger partial charge is 0.490 e. The molecular weight excluding hydrogens is 508 g/mol. The highest BCUT2D eigenvalue weighted by atomic mass is 19.4. The number of hydrogen-bond donors (Lipinski definition) is 2. The molecule has 2 atom stereocenters. The van der Waals surface area contributed by atoms with Crippen LogP contribution in [-0.2, 0) is 19.1 Å². The predicted octanol–water partition coefficient (Wildman–Crippen LogP) is 4.51. The molecule has 4 rings (SSSR count). The number of alkyl halides is 3. The number of ether oxygens (including phenoxy) is 1. The molecule has 2 heterocycles. The zero-order valence-corrected chi connectivity index (χ0v) is 21.6. The van der Waals surface area contributed by atoms with Crippen molar-refractivity contribution in [3.8, 4) is 0 Å². The molecule has 38 heavy (non-hydrogen) atoms. The van der Waals surface area contributed by atoms with E-state index in [1.165, 1.54) is 31.4 Å². The molecule has 1 aliphatic carbocycles. The molecule has 2 N–H and O–H groups in total. The summed E-state index contributed by atoms with van der Waals surface area (Å²) in [5.74, 6) is -2.63. The highest BCUT2D eigenvalue weighted by Gasteiger charge is 2.50. The van der Waals surface area contributed by atoms with Gasteiger partial charge in [0, 0.05) is 32.1 Å². The van der Waals surface area contributed by atoms with Gasteiger partial charge in [-0.15, -0.1) is 0 Å². The van der Waals surface area contributed by atoms with Crippen LogP contribution < -0.4 is 5.32 Å². The fraction of sp³-hybridized carbons (Fsp3) is 0.667. The van der Waals surface area contributed by atoms with Crippen LogP contribution in [0.3, 0.4) is 0 Å². The molecule has 1 amide bonds. The summed E-state index contributed by atoms with van der Waals surface area (Å²) in [6.45, 7) is 4.87. The SMILES string of the molecule is CCOC(=O)C1(C2CCCCC2)CCN(C(=O)C2CNC[C@H]2c2ccc(F)cc2)CC1.O=C(O)C(F)(F)F. The van der Waals surface area contributed by atoms with Gasteiger partial charge in [-0.1, -0.05) is 31.4 Å². The van der Waals surface area contributed by atoms with Crippen molar-refractivity contribution < 1.29 is 41.8 Å². The molecule has 3 aliphatic rings. The van der Waals surface area contributed by atoms with E-state index in [1.807, 2.05) is 11.8 Å². The maximum atomic E-state index is 13.4. The smallest absolute Gasteiger partial charge is 0.475 e. The number of carboxylic acids is 1. The van der Waals surface area contributed by atoms with Gasteiger partial charge >= 0.3 is 18.1 Å². The van der Waals surface area contributed by atoms with Gasteiger partial charge in [0.05, 0.1) is 17.9 Å². The lowest BCUT2D eigenvalue weighted by Gasteiger charge is -2.46. The predicted molar refractivity (Wildman–Crippen MR) is 131 cm³/mol. The number of esters is 1. The zero-order valence-electron chi connectivity index (χ0n) is 21.6. The number of carboxylic acid groups (broad SMARTS) is 1. The summed E-state index contributed by atoms with van der Waals surface area (Å²) in [6, 6.07) is 6.51. The zero-order chi connectivity index (χ0) is 27.9. The van der Waals surface area contributed by atoms with Gasteiger partial charge in [0.25, 0.3) is 0 Å². The van der Waals surface area contributed by atoms with Crippen LogP contribution in [0.1, 0.15) is 63.4 Å². The molecule has 7 nitrogen and oxygen atoms in total. The van der Waals surface area contributed by atoms with Crippen LogP contribution in [0.4, 0.5) is 17.6 Å². The van der Waals surface area contributed by atoms with Crippen molar-refractivity contribution >= 4 is 17.8 Å². The first-order valence-electron chi connectivity index (χ1n) is 13.2. The molecular formula is C27H36F4N2O5. The number of nitrogens with one attached hydrogen (secondary N) is 1. The van der Waals surface area contributed by atoms with Crippen molar-refractivity contribution in [1.82, 2.24) is 10.2 Å². The van der Waals surface area contributed by atoms with E-state index in [9.17, 15) is 27.2 Å². The van der Waals surface area contributed by atoms with Gasteiger partial charge in [-0.2, -0.15) is 13.2 Å². The Morgan fingerprint density at radius 3 is 2.16 bits per heavy atom. The van der Waals surface area contributed by atoms with Gasteiger partial charge in [0.2, 0.25) is 5.91 Å². The minimum atomic E-state index is -5.08. The number of amides is 1. The van der Waals surface area contributed by atoms with Crippen molar-refractivity contribution in [2.75, 3.05) is 32.8 Å². The Hall–Kier alpha value is -2.69. The Labute approximate surface area is 219 Å². The maximum absolute atomic E-state index is 13.4. The molecule has 1 unspecified atom stereocenters. The summed E-state index contributed by atoms with van der Waals surface area (Å²) in [7, 11) is 0. The summed E-state index contributed by atoms with van der Waals surface area (Å²) in [4.78, 5) is 37.3. The fourth-order valence-electron chi connectivity index (χ4n) is 6.07. The molecule has 0 spiro atoms. The van der Waals surface area contributed by atoms with Crippen molar-refractivity contribution in [3.05, 3.63) is 35.6 Å². The molecule has 0 radical (unpaired) electrons. The number of benzene rings is 1. The van der Waals surface area contributed by atoms with Crippen LogP contribution in [-0.4, -0.2) is 66.8 Å². The van der Waals surface area contributed by atoms with Crippen LogP contribution in [0.15, 0.2) is 24.3 Å². The highest BCUT2D eigenvalue weighted by Crippen LogP contribution is 2.47. The van der Waals surface area contributed by atoms with Gasteiger partial charge in [-0.25, -0.2) is 9.18 Å².